The Bertz CT molecular complexity index is 979. The number of benzene rings is 2. The lowest BCUT2D eigenvalue weighted by Crippen LogP contribution is -2.46. The first-order chi connectivity index (χ1) is 14.1. The van der Waals surface area contributed by atoms with Gasteiger partial charge in [0.05, 0.1) is 12.1 Å². The number of amides is 1. The highest BCUT2D eigenvalue weighted by Gasteiger charge is 2.40. The topological polar surface area (TPSA) is 65.5 Å². The summed E-state index contributed by atoms with van der Waals surface area (Å²) < 4.78 is 0. The van der Waals surface area contributed by atoms with Gasteiger partial charge in [0.2, 0.25) is 5.91 Å². The zero-order chi connectivity index (χ0) is 20.3. The van der Waals surface area contributed by atoms with Crippen LogP contribution in [0.5, 0.6) is 5.75 Å². The maximum Gasteiger partial charge on any atom is 0.226 e. The smallest absolute Gasteiger partial charge is 0.226 e. The summed E-state index contributed by atoms with van der Waals surface area (Å²) in [5.74, 6) is 0.298. The number of carbonyl (C=O) groups excluding carboxylic acids is 1. The molecular formula is C23H25N3O2S. The number of carbonyl (C=O) groups is 1. The van der Waals surface area contributed by atoms with Crippen LogP contribution >= 0.6 is 11.3 Å². The summed E-state index contributed by atoms with van der Waals surface area (Å²) in [6.07, 6.45) is 2.00. The fraction of sp³-hybridized carbons (Fsp3) is 0.304. The van der Waals surface area contributed by atoms with Gasteiger partial charge in [0.15, 0.2) is 5.13 Å². The van der Waals surface area contributed by atoms with Gasteiger partial charge in [-0.3, -0.25) is 4.79 Å². The van der Waals surface area contributed by atoms with Crippen LogP contribution in [-0.4, -0.2) is 41.0 Å². The number of phenolic OH excluding ortho intramolecular Hbond substituents is 1. The molecule has 2 aromatic carbocycles. The molecule has 0 radical (unpaired) electrons. The van der Waals surface area contributed by atoms with E-state index in [1.807, 2.05) is 24.1 Å². The van der Waals surface area contributed by atoms with E-state index in [0.717, 1.165) is 29.2 Å². The van der Waals surface area contributed by atoms with Crippen molar-refractivity contribution in [2.75, 3.05) is 25.5 Å². The minimum Gasteiger partial charge on any atom is -0.508 e. The third-order valence-electron chi connectivity index (χ3n) is 5.77. The van der Waals surface area contributed by atoms with Crippen LogP contribution in [0.3, 0.4) is 0 Å². The molecule has 29 heavy (non-hydrogen) atoms. The summed E-state index contributed by atoms with van der Waals surface area (Å²) in [5, 5.41) is 15.8. The zero-order valence-corrected chi connectivity index (χ0v) is 17.3. The first-order valence-electron chi connectivity index (χ1n) is 9.86. The van der Waals surface area contributed by atoms with E-state index in [1.165, 1.54) is 5.56 Å². The molecule has 2 N–H and O–H groups in total. The molecule has 1 amide bonds. The average molecular weight is 408 g/mol. The predicted molar refractivity (Wildman–Crippen MR) is 117 cm³/mol. The number of aromatic nitrogens is 1. The molecule has 3 aromatic rings. The van der Waals surface area contributed by atoms with E-state index >= 15 is 0 Å². The number of hydrogen-bond acceptors (Lipinski definition) is 5. The summed E-state index contributed by atoms with van der Waals surface area (Å²) in [7, 11) is 1.89. The van der Waals surface area contributed by atoms with Crippen molar-refractivity contribution in [1.29, 1.82) is 0 Å². The quantitative estimate of drug-likeness (QED) is 0.670. The molecule has 150 valence electrons. The Morgan fingerprint density at radius 3 is 2.59 bits per heavy atom. The van der Waals surface area contributed by atoms with Crippen LogP contribution < -0.4 is 5.32 Å². The second-order valence-electron chi connectivity index (χ2n) is 7.46. The molecule has 0 unspecified atom stereocenters. The summed E-state index contributed by atoms with van der Waals surface area (Å²) in [4.78, 5) is 19.6. The third kappa shape index (κ3) is 3.98. The molecule has 0 bridgehead atoms. The molecule has 0 aliphatic carbocycles. The van der Waals surface area contributed by atoms with E-state index in [9.17, 15) is 9.90 Å². The lowest BCUT2D eigenvalue weighted by atomic mass is 9.70. The molecule has 0 spiro atoms. The number of hydrogen-bond donors (Lipinski definition) is 2. The van der Waals surface area contributed by atoms with Crippen molar-refractivity contribution >= 4 is 22.4 Å². The van der Waals surface area contributed by atoms with E-state index in [2.05, 4.69) is 35.0 Å². The Labute approximate surface area is 175 Å². The van der Waals surface area contributed by atoms with Gasteiger partial charge in [0.1, 0.15) is 5.75 Å². The Morgan fingerprint density at radius 2 is 1.93 bits per heavy atom. The van der Waals surface area contributed by atoms with Crippen molar-refractivity contribution < 1.29 is 9.90 Å². The Morgan fingerprint density at radius 1 is 1.17 bits per heavy atom. The first kappa shape index (κ1) is 19.5. The molecule has 5 nitrogen and oxygen atoms in total. The lowest BCUT2D eigenvalue weighted by molar-refractivity contribution is -0.131. The first-order valence-corrected chi connectivity index (χ1v) is 10.7. The van der Waals surface area contributed by atoms with Crippen LogP contribution in [0.25, 0.3) is 0 Å². The van der Waals surface area contributed by atoms with Crippen LogP contribution in [0.4, 0.5) is 5.13 Å². The van der Waals surface area contributed by atoms with E-state index in [0.29, 0.717) is 19.5 Å². The van der Waals surface area contributed by atoms with Crippen molar-refractivity contribution in [3.63, 3.8) is 0 Å². The highest BCUT2D eigenvalue weighted by atomic mass is 32.1. The van der Waals surface area contributed by atoms with Gasteiger partial charge in [-0.2, -0.15) is 0 Å². The maximum absolute atomic E-state index is 12.8. The summed E-state index contributed by atoms with van der Waals surface area (Å²) in [6, 6.07) is 17.4. The molecule has 0 saturated carbocycles. The normalized spacial score (nSPS) is 15.8. The fourth-order valence-electron chi connectivity index (χ4n) is 4.15. The summed E-state index contributed by atoms with van der Waals surface area (Å²) in [5.41, 5.74) is 3.01. The van der Waals surface area contributed by atoms with Gasteiger partial charge in [0.25, 0.3) is 0 Å². The second kappa shape index (κ2) is 8.25. The van der Waals surface area contributed by atoms with Gasteiger partial charge in [0, 0.05) is 30.9 Å². The molecule has 1 aliphatic rings. The largest absolute Gasteiger partial charge is 0.508 e. The fourth-order valence-corrected chi connectivity index (χ4v) is 4.92. The minimum atomic E-state index is -0.172. The van der Waals surface area contributed by atoms with Gasteiger partial charge in [-0.15, -0.1) is 11.3 Å². The molecular weight excluding hydrogens is 382 g/mol. The standard InChI is InChI=1S/C23H25N3O2S/c1-24-22-25-20(16-29-22)23(18-7-3-2-4-8-18)10-12-26(13-11-23)21(28)15-17-6-5-9-19(27)14-17/h2-9,14,16,27H,10-13,15H2,1H3,(H,24,25). The summed E-state index contributed by atoms with van der Waals surface area (Å²) in [6.45, 7) is 1.39. The number of aromatic hydroxyl groups is 1. The number of rotatable bonds is 5. The van der Waals surface area contributed by atoms with Crippen LogP contribution in [0, 0.1) is 0 Å². The number of phenols is 1. The predicted octanol–water partition coefficient (Wildman–Crippen LogP) is 4.04. The SMILES string of the molecule is CNc1nc(C2(c3ccccc3)CCN(C(=O)Cc3cccc(O)c3)CC2)cs1. The number of piperidine rings is 1. The highest BCUT2D eigenvalue weighted by Crippen LogP contribution is 2.42. The van der Waals surface area contributed by atoms with Crippen LogP contribution in [0.2, 0.25) is 0 Å². The monoisotopic (exact) mass is 407 g/mol. The molecule has 6 heteroatoms. The van der Waals surface area contributed by atoms with Gasteiger partial charge in [-0.25, -0.2) is 4.98 Å². The minimum absolute atomic E-state index is 0.103. The second-order valence-corrected chi connectivity index (χ2v) is 8.32. The lowest BCUT2D eigenvalue weighted by Gasteiger charge is -2.41. The van der Waals surface area contributed by atoms with E-state index in [4.69, 9.17) is 4.98 Å². The Kier molecular flexibility index (Phi) is 5.53. The van der Waals surface area contributed by atoms with Crippen LogP contribution in [0.15, 0.2) is 60.0 Å². The van der Waals surface area contributed by atoms with Crippen molar-refractivity contribution in [3.05, 3.63) is 76.8 Å². The molecule has 1 fully saturated rings. The summed E-state index contributed by atoms with van der Waals surface area (Å²) >= 11 is 1.62. The van der Waals surface area contributed by atoms with Gasteiger partial charge in [-0.05, 0) is 36.1 Å². The zero-order valence-electron chi connectivity index (χ0n) is 16.5. The highest BCUT2D eigenvalue weighted by molar-refractivity contribution is 7.13. The van der Waals surface area contributed by atoms with Crippen molar-refractivity contribution in [3.8, 4) is 5.75 Å². The van der Waals surface area contributed by atoms with Crippen LogP contribution in [-0.2, 0) is 16.6 Å². The molecule has 0 atom stereocenters. The number of nitrogens with one attached hydrogen (secondary N) is 1. The molecule has 4 rings (SSSR count). The number of likely N-dealkylation sites (tertiary alicyclic amines) is 1. The molecule has 1 saturated heterocycles. The van der Waals surface area contributed by atoms with Crippen molar-refractivity contribution in [2.24, 2.45) is 0 Å². The number of anilines is 1. The van der Waals surface area contributed by atoms with E-state index in [-0.39, 0.29) is 17.1 Å². The number of thiazole rings is 1. The average Bonchev–Trinajstić information content (AvgIpc) is 3.24. The molecule has 2 heterocycles. The van der Waals surface area contributed by atoms with E-state index < -0.39 is 0 Å². The van der Waals surface area contributed by atoms with Crippen molar-refractivity contribution in [2.45, 2.75) is 24.7 Å². The van der Waals surface area contributed by atoms with Crippen LogP contribution in [0.1, 0.15) is 29.7 Å². The Balaban J connectivity index is 1.54. The molecule has 1 aliphatic heterocycles. The molecule has 1 aromatic heterocycles. The Hall–Kier alpha value is -2.86. The van der Waals surface area contributed by atoms with Gasteiger partial charge in [-0.1, -0.05) is 42.5 Å². The number of nitrogens with zero attached hydrogens (tertiary/aromatic N) is 2. The van der Waals surface area contributed by atoms with Crippen molar-refractivity contribution in [1.82, 2.24) is 9.88 Å². The van der Waals surface area contributed by atoms with Gasteiger partial charge >= 0.3 is 0 Å². The maximum atomic E-state index is 12.8. The van der Waals surface area contributed by atoms with E-state index in [1.54, 1.807) is 29.5 Å². The third-order valence-corrected chi connectivity index (χ3v) is 6.63. The van der Waals surface area contributed by atoms with Gasteiger partial charge < -0.3 is 15.3 Å².